The van der Waals surface area contributed by atoms with Crippen LogP contribution in [0.5, 0.6) is 0 Å². The third kappa shape index (κ3) is 5.33. The van der Waals surface area contributed by atoms with E-state index in [-0.39, 0.29) is 12.4 Å². The summed E-state index contributed by atoms with van der Waals surface area (Å²) in [6.07, 6.45) is 1.85. The van der Waals surface area contributed by atoms with Crippen LogP contribution < -0.4 is 0 Å². The fraction of sp³-hybridized carbons (Fsp3) is 0.714. The molecule has 2 aliphatic carbocycles. The average Bonchev–Trinajstić information content (AvgIpc) is 3.01. The highest BCUT2D eigenvalue weighted by Crippen LogP contribution is 2.55. The zero-order valence-electron chi connectivity index (χ0n) is 22.9. The summed E-state index contributed by atoms with van der Waals surface area (Å²) >= 11 is 0. The van der Waals surface area contributed by atoms with Crippen LogP contribution in [0.25, 0.3) is 0 Å². The van der Waals surface area contributed by atoms with Crippen molar-refractivity contribution in [2.75, 3.05) is 0 Å². The van der Waals surface area contributed by atoms with Crippen LogP contribution in [0, 0.1) is 17.3 Å². The number of ether oxygens (including phenoxy) is 4. The van der Waals surface area contributed by atoms with Gasteiger partial charge >= 0.3 is 23.9 Å². The van der Waals surface area contributed by atoms with Gasteiger partial charge in [-0.3, -0.25) is 19.2 Å². The summed E-state index contributed by atoms with van der Waals surface area (Å²) in [5.74, 6) is -3.91. The van der Waals surface area contributed by atoms with Gasteiger partial charge in [0.1, 0.15) is 18.3 Å². The largest absolute Gasteiger partial charge is 0.462 e. The normalized spacial score (nSPS) is 37.7. The van der Waals surface area contributed by atoms with E-state index in [0.717, 1.165) is 11.1 Å². The fourth-order valence-corrected chi connectivity index (χ4v) is 6.27. The van der Waals surface area contributed by atoms with Crippen molar-refractivity contribution in [1.29, 1.82) is 0 Å². The van der Waals surface area contributed by atoms with Crippen LogP contribution in [0.3, 0.4) is 0 Å². The molecule has 206 valence electrons. The van der Waals surface area contributed by atoms with E-state index in [4.69, 9.17) is 18.9 Å². The van der Waals surface area contributed by atoms with Crippen LogP contribution in [-0.2, 0) is 38.1 Å². The second-order valence-corrected chi connectivity index (χ2v) is 10.9. The number of rotatable bonds is 5. The molecule has 0 bridgehead atoms. The van der Waals surface area contributed by atoms with E-state index in [2.05, 4.69) is 0 Å². The lowest BCUT2D eigenvalue weighted by molar-refractivity contribution is -0.216. The Hall–Kier alpha value is -2.68. The Bertz CT molecular complexity index is 998. The molecule has 8 atom stereocenters. The van der Waals surface area contributed by atoms with Gasteiger partial charge in [-0.25, -0.2) is 0 Å². The van der Waals surface area contributed by atoms with Crippen molar-refractivity contribution in [3.05, 3.63) is 23.3 Å². The maximum atomic E-state index is 12.8. The molecule has 0 aromatic carbocycles. The summed E-state index contributed by atoms with van der Waals surface area (Å²) in [4.78, 5) is 50.3. The summed E-state index contributed by atoms with van der Waals surface area (Å²) in [5.41, 5.74) is -1.43. The van der Waals surface area contributed by atoms with Gasteiger partial charge in [0.05, 0.1) is 11.3 Å². The molecular formula is C28H40O9. The molecular weight excluding hydrogens is 480 g/mol. The summed E-state index contributed by atoms with van der Waals surface area (Å²) in [6.45, 7) is 11.5. The lowest BCUT2D eigenvalue weighted by Gasteiger charge is -2.54. The fourth-order valence-electron chi connectivity index (χ4n) is 6.27. The maximum absolute atomic E-state index is 12.8. The molecule has 9 nitrogen and oxygen atoms in total. The van der Waals surface area contributed by atoms with Crippen LogP contribution in [0.2, 0.25) is 0 Å². The van der Waals surface area contributed by atoms with E-state index in [9.17, 15) is 24.3 Å². The standard InChI is InChI=1S/C28H40O9/c1-8-9-23(31)36-21-12-10-15(2)14-22-28(33,17(4)26(32)37-22)25(35-19(6)30)24-16(3)11-13-20(27(21,24)7)34-18(5)29/h11,14,17,20-22,24-25,33H,8-10,12-13H2,1-7H3. The minimum absolute atomic E-state index is 0.220. The van der Waals surface area contributed by atoms with Crippen molar-refractivity contribution in [3.63, 3.8) is 0 Å². The van der Waals surface area contributed by atoms with Crippen LogP contribution >= 0.6 is 0 Å². The third-order valence-electron chi connectivity index (χ3n) is 8.27. The van der Waals surface area contributed by atoms with E-state index in [1.807, 2.05) is 33.8 Å². The van der Waals surface area contributed by atoms with Gasteiger partial charge in [-0.2, -0.15) is 0 Å². The van der Waals surface area contributed by atoms with E-state index in [1.165, 1.54) is 13.8 Å². The molecule has 0 aromatic heterocycles. The van der Waals surface area contributed by atoms with Crippen molar-refractivity contribution < 1.29 is 43.2 Å². The van der Waals surface area contributed by atoms with Gasteiger partial charge in [-0.15, -0.1) is 0 Å². The molecule has 3 aliphatic rings. The summed E-state index contributed by atoms with van der Waals surface area (Å²) in [7, 11) is 0. The quantitative estimate of drug-likeness (QED) is 0.329. The first-order chi connectivity index (χ1) is 17.3. The number of hydrogen-bond acceptors (Lipinski definition) is 9. The van der Waals surface area contributed by atoms with Crippen LogP contribution in [-0.4, -0.2) is 59.0 Å². The van der Waals surface area contributed by atoms with Crippen molar-refractivity contribution >= 4 is 23.9 Å². The van der Waals surface area contributed by atoms with Crippen LogP contribution in [0.1, 0.15) is 80.6 Å². The minimum Gasteiger partial charge on any atom is -0.462 e. The molecule has 1 N–H and O–H groups in total. The average molecular weight is 521 g/mol. The monoisotopic (exact) mass is 520 g/mol. The predicted molar refractivity (Wildman–Crippen MR) is 133 cm³/mol. The lowest BCUT2D eigenvalue weighted by atomic mass is 9.56. The number of allylic oxidation sites excluding steroid dienone is 1. The van der Waals surface area contributed by atoms with Crippen LogP contribution in [0.15, 0.2) is 23.3 Å². The Kier molecular flexibility index (Phi) is 8.57. The Morgan fingerprint density at radius 1 is 1.11 bits per heavy atom. The SMILES string of the molecule is CCCC(=O)OC1CCC(C)=CC2OC(=O)C(C)C2(O)C(OC(C)=O)C2C(C)=CCC(OC(C)=O)C12C. The summed E-state index contributed by atoms with van der Waals surface area (Å²) < 4.78 is 23.4. The maximum Gasteiger partial charge on any atom is 0.312 e. The molecule has 0 amide bonds. The Labute approximate surface area is 218 Å². The molecule has 8 unspecified atom stereocenters. The first-order valence-corrected chi connectivity index (χ1v) is 13.1. The lowest BCUT2D eigenvalue weighted by Crippen LogP contribution is -2.65. The van der Waals surface area contributed by atoms with E-state index < -0.39 is 65.2 Å². The van der Waals surface area contributed by atoms with E-state index in [0.29, 0.717) is 25.7 Å². The topological polar surface area (TPSA) is 125 Å². The number of esters is 4. The summed E-state index contributed by atoms with van der Waals surface area (Å²) in [5, 5.41) is 12.3. The highest BCUT2D eigenvalue weighted by molar-refractivity contribution is 5.78. The number of hydrogen-bond donors (Lipinski definition) is 1. The molecule has 3 rings (SSSR count). The van der Waals surface area contributed by atoms with Gasteiger partial charge in [0.15, 0.2) is 11.7 Å². The predicted octanol–water partition coefficient (Wildman–Crippen LogP) is 3.57. The molecule has 0 aromatic rings. The first-order valence-electron chi connectivity index (χ1n) is 13.1. The van der Waals surface area contributed by atoms with Crippen molar-refractivity contribution in [2.24, 2.45) is 17.3 Å². The zero-order chi connectivity index (χ0) is 27.7. The van der Waals surface area contributed by atoms with Crippen molar-refractivity contribution in [2.45, 2.75) is 111 Å². The minimum atomic E-state index is -1.92. The molecule has 0 radical (unpaired) electrons. The second kappa shape index (κ2) is 11.0. The smallest absolute Gasteiger partial charge is 0.312 e. The van der Waals surface area contributed by atoms with Crippen LogP contribution in [0.4, 0.5) is 0 Å². The number of carbonyl (C=O) groups is 4. The molecule has 1 aliphatic heterocycles. The van der Waals surface area contributed by atoms with Gasteiger partial charge < -0.3 is 24.1 Å². The van der Waals surface area contributed by atoms with Gasteiger partial charge in [-0.1, -0.05) is 31.1 Å². The van der Waals surface area contributed by atoms with Gasteiger partial charge in [-0.05, 0) is 46.1 Å². The molecule has 1 saturated heterocycles. The Morgan fingerprint density at radius 2 is 1.76 bits per heavy atom. The molecule has 0 spiro atoms. The molecule has 0 saturated carbocycles. The molecule has 1 heterocycles. The number of fused-ring (bicyclic) bond motifs is 2. The van der Waals surface area contributed by atoms with Crippen molar-refractivity contribution in [1.82, 2.24) is 0 Å². The number of carbonyl (C=O) groups excluding carboxylic acids is 4. The first kappa shape index (κ1) is 28.9. The molecule has 9 heteroatoms. The molecule has 1 fully saturated rings. The number of aliphatic hydroxyl groups is 1. The van der Waals surface area contributed by atoms with Gasteiger partial charge in [0.25, 0.3) is 0 Å². The second-order valence-electron chi connectivity index (χ2n) is 10.9. The van der Waals surface area contributed by atoms with E-state index >= 15 is 0 Å². The zero-order valence-corrected chi connectivity index (χ0v) is 22.9. The van der Waals surface area contributed by atoms with Gasteiger partial charge in [0, 0.05) is 32.6 Å². The van der Waals surface area contributed by atoms with Crippen molar-refractivity contribution in [3.8, 4) is 0 Å². The summed E-state index contributed by atoms with van der Waals surface area (Å²) in [6, 6.07) is 0. The Balaban J connectivity index is 2.32. The Morgan fingerprint density at radius 3 is 2.35 bits per heavy atom. The highest BCUT2D eigenvalue weighted by atomic mass is 16.6. The van der Waals surface area contributed by atoms with Gasteiger partial charge in [0.2, 0.25) is 0 Å². The molecule has 37 heavy (non-hydrogen) atoms. The van der Waals surface area contributed by atoms with E-state index in [1.54, 1.807) is 13.0 Å². The third-order valence-corrected chi connectivity index (χ3v) is 8.27. The highest BCUT2D eigenvalue weighted by Gasteiger charge is 2.67.